The van der Waals surface area contributed by atoms with Crippen LogP contribution in [0.4, 0.5) is 0 Å². The molecule has 0 bridgehead atoms. The van der Waals surface area contributed by atoms with Gasteiger partial charge in [-0.1, -0.05) is 22.6 Å². The van der Waals surface area contributed by atoms with E-state index in [-0.39, 0.29) is 12.4 Å². The van der Waals surface area contributed by atoms with Crippen LogP contribution >= 0.6 is 22.6 Å². The monoisotopic (exact) mass is 286 g/mol. The Labute approximate surface area is 87.2 Å². The molecule has 1 aromatic rings. The van der Waals surface area contributed by atoms with E-state index in [4.69, 9.17) is 0 Å². The summed E-state index contributed by atoms with van der Waals surface area (Å²) in [6.45, 7) is 3.23. The van der Waals surface area contributed by atoms with Crippen LogP contribution in [0.2, 0.25) is 0 Å². The van der Waals surface area contributed by atoms with Gasteiger partial charge in [-0.25, -0.2) is 9.13 Å². The van der Waals surface area contributed by atoms with Crippen LogP contribution in [0.25, 0.3) is 0 Å². The first-order chi connectivity index (χ1) is 4.79. The van der Waals surface area contributed by atoms with Crippen LogP contribution in [0.3, 0.4) is 0 Å². The third kappa shape index (κ3) is 2.33. The molecule has 0 aromatic carbocycles. The van der Waals surface area contributed by atoms with E-state index in [1.54, 1.807) is 0 Å². The molecule has 1 aromatic heterocycles. The maximum atomic E-state index is 2.38. The van der Waals surface area contributed by atoms with Crippen molar-refractivity contribution in [1.29, 1.82) is 0 Å². The molecule has 0 N–H and O–H groups in total. The maximum Gasteiger partial charge on any atom is 0.266 e. The second kappa shape index (κ2) is 4.98. The zero-order valence-electron chi connectivity index (χ0n) is 6.72. The van der Waals surface area contributed by atoms with Gasteiger partial charge in [0.15, 0.2) is 0 Å². The Hall–Kier alpha value is 0.230. The van der Waals surface area contributed by atoms with Crippen molar-refractivity contribution in [2.24, 2.45) is 7.05 Å². The summed E-state index contributed by atoms with van der Waals surface area (Å²) < 4.78 is 5.50. The Morgan fingerprint density at radius 1 is 1.64 bits per heavy atom. The second-order valence-electron chi connectivity index (χ2n) is 2.24. The third-order valence-corrected chi connectivity index (χ3v) is 2.35. The van der Waals surface area contributed by atoms with Gasteiger partial charge in [-0.3, -0.25) is 0 Å². The van der Waals surface area contributed by atoms with Crippen molar-refractivity contribution in [2.75, 3.05) is 0 Å². The zero-order valence-corrected chi connectivity index (χ0v) is 9.63. The summed E-state index contributed by atoms with van der Waals surface area (Å²) in [7, 11) is 2.08. The Bertz CT molecular complexity index is 222. The molecule has 1 rings (SSSR count). The van der Waals surface area contributed by atoms with E-state index >= 15 is 0 Å². The van der Waals surface area contributed by atoms with E-state index < -0.39 is 0 Å². The Morgan fingerprint density at radius 2 is 2.27 bits per heavy atom. The van der Waals surface area contributed by atoms with Crippen molar-refractivity contribution < 1.29 is 17.0 Å². The van der Waals surface area contributed by atoms with Crippen LogP contribution in [0, 0.1) is 0 Å². The largest absolute Gasteiger partial charge is 1.00 e. The predicted molar refractivity (Wildman–Crippen MR) is 49.0 cm³/mol. The molecule has 2 nitrogen and oxygen atoms in total. The molecule has 0 aliphatic heterocycles. The average Bonchev–Trinajstić information content (AvgIpc) is 2.30. The number of hydrogen-bond acceptors (Lipinski definition) is 0. The van der Waals surface area contributed by atoms with Crippen LogP contribution in [0.15, 0.2) is 12.4 Å². The maximum absolute atomic E-state index is 2.38. The Morgan fingerprint density at radius 3 is 2.64 bits per heavy atom. The van der Waals surface area contributed by atoms with E-state index in [9.17, 15) is 0 Å². The van der Waals surface area contributed by atoms with E-state index in [1.165, 1.54) is 5.82 Å². The highest BCUT2D eigenvalue weighted by Gasteiger charge is 2.09. The summed E-state index contributed by atoms with van der Waals surface area (Å²) >= 11 is 2.38. The molecule has 0 amide bonds. The number of alkyl halides is 1. The summed E-state index contributed by atoms with van der Waals surface area (Å²) in [5.74, 6) is 1.38. The molecule has 0 unspecified atom stereocenters. The highest BCUT2D eigenvalue weighted by Crippen LogP contribution is 2.00. The summed E-state index contributed by atoms with van der Waals surface area (Å²) in [4.78, 5) is 0. The van der Waals surface area contributed by atoms with Crippen LogP contribution < -0.4 is 17.0 Å². The lowest BCUT2D eigenvalue weighted by Crippen LogP contribution is -3.00. The van der Waals surface area contributed by atoms with Gasteiger partial charge in [0.1, 0.15) is 16.8 Å². The molecule has 0 fully saturated rings. The minimum absolute atomic E-state index is 0. The molecule has 64 valence electrons. The molecule has 0 spiro atoms. The summed E-state index contributed by atoms with van der Waals surface area (Å²) in [5.41, 5.74) is 0. The van der Waals surface area contributed by atoms with Gasteiger partial charge in [-0.05, 0) is 6.92 Å². The van der Waals surface area contributed by atoms with Crippen molar-refractivity contribution in [2.45, 2.75) is 17.9 Å². The van der Waals surface area contributed by atoms with Crippen molar-refractivity contribution >= 4 is 22.6 Å². The summed E-state index contributed by atoms with van der Waals surface area (Å²) in [6, 6.07) is 0. The molecular formula is C7H12ClIN2. The fourth-order valence-corrected chi connectivity index (χ4v) is 1.99. The van der Waals surface area contributed by atoms with Gasteiger partial charge in [0.25, 0.3) is 5.82 Å². The highest BCUT2D eigenvalue weighted by molar-refractivity contribution is 14.1. The predicted octanol–water partition coefficient (Wildman–Crippen LogP) is -1.73. The molecule has 0 aliphatic carbocycles. The molecule has 0 radical (unpaired) electrons. The van der Waals surface area contributed by atoms with Crippen LogP contribution in [0.5, 0.6) is 0 Å². The molecule has 0 saturated heterocycles. The Balaban J connectivity index is 0.000001000. The van der Waals surface area contributed by atoms with Gasteiger partial charge in [-0.2, -0.15) is 0 Å². The van der Waals surface area contributed by atoms with E-state index in [0.717, 1.165) is 11.0 Å². The molecule has 1 heterocycles. The van der Waals surface area contributed by atoms with Gasteiger partial charge in [0, 0.05) is 0 Å². The first-order valence-corrected chi connectivity index (χ1v) is 4.91. The molecular weight excluding hydrogens is 274 g/mol. The SMILES string of the molecule is CCn1cc[n+](C)c1CI.[Cl-]. The number of aromatic nitrogens is 2. The number of aryl methyl sites for hydroxylation is 2. The first-order valence-electron chi connectivity index (χ1n) is 3.39. The first kappa shape index (κ1) is 11.2. The fourth-order valence-electron chi connectivity index (χ4n) is 1.01. The van der Waals surface area contributed by atoms with Crippen LogP contribution in [-0.4, -0.2) is 4.57 Å². The molecule has 0 atom stereocenters. The van der Waals surface area contributed by atoms with Gasteiger partial charge >= 0.3 is 0 Å². The van der Waals surface area contributed by atoms with Gasteiger partial charge in [-0.15, -0.1) is 0 Å². The van der Waals surface area contributed by atoms with Crippen LogP contribution in [-0.2, 0) is 18.0 Å². The average molecular weight is 287 g/mol. The lowest BCUT2D eigenvalue weighted by molar-refractivity contribution is -0.677. The van der Waals surface area contributed by atoms with Gasteiger partial charge < -0.3 is 12.4 Å². The van der Waals surface area contributed by atoms with Gasteiger partial charge in [0.05, 0.1) is 13.6 Å². The van der Waals surface area contributed by atoms with Crippen molar-refractivity contribution in [3.05, 3.63) is 18.2 Å². The van der Waals surface area contributed by atoms with E-state index in [2.05, 4.69) is 58.1 Å². The Kier molecular flexibility index (Phi) is 5.08. The normalized spacial score (nSPS) is 9.36. The third-order valence-electron chi connectivity index (χ3n) is 1.67. The topological polar surface area (TPSA) is 8.81 Å². The van der Waals surface area contributed by atoms with Crippen molar-refractivity contribution in [1.82, 2.24) is 4.57 Å². The summed E-state index contributed by atoms with van der Waals surface area (Å²) in [5, 5.41) is 0. The molecule has 4 heteroatoms. The molecule has 0 saturated carbocycles. The summed E-state index contributed by atoms with van der Waals surface area (Å²) in [6.07, 6.45) is 4.21. The number of halogens is 2. The fraction of sp³-hybridized carbons (Fsp3) is 0.571. The minimum atomic E-state index is 0. The second-order valence-corrected chi connectivity index (χ2v) is 3.01. The zero-order chi connectivity index (χ0) is 7.56. The van der Waals surface area contributed by atoms with Crippen LogP contribution in [0.1, 0.15) is 12.7 Å². The quantitative estimate of drug-likeness (QED) is 0.347. The standard InChI is InChI=1S/C7H12IN2.ClH/c1-3-10-5-4-9(2)7(10)6-8;/h4-5H,3,6H2,1-2H3;1H/q+1;/p-1. The van der Waals surface area contributed by atoms with E-state index in [1.807, 2.05) is 0 Å². The number of rotatable bonds is 2. The van der Waals surface area contributed by atoms with Gasteiger partial charge in [0.2, 0.25) is 0 Å². The molecule has 11 heavy (non-hydrogen) atoms. The number of imidazole rings is 1. The van der Waals surface area contributed by atoms with Crippen molar-refractivity contribution in [3.63, 3.8) is 0 Å². The molecule has 0 aliphatic rings. The number of nitrogens with zero attached hydrogens (tertiary/aromatic N) is 2. The minimum Gasteiger partial charge on any atom is -1.00 e. The lowest BCUT2D eigenvalue weighted by Gasteiger charge is -1.93. The van der Waals surface area contributed by atoms with E-state index in [0.29, 0.717) is 0 Å². The lowest BCUT2D eigenvalue weighted by atomic mass is 10.6. The number of hydrogen-bond donors (Lipinski definition) is 0. The highest BCUT2D eigenvalue weighted by atomic mass is 127. The van der Waals surface area contributed by atoms with Crippen molar-refractivity contribution in [3.8, 4) is 0 Å². The smallest absolute Gasteiger partial charge is 0.266 e.